The molecule has 8 nitrogen and oxygen atoms in total. The zero-order chi connectivity index (χ0) is 26.7. The Morgan fingerprint density at radius 2 is 1.61 bits per heavy atom. The van der Waals surface area contributed by atoms with E-state index in [0.29, 0.717) is 36.9 Å². The number of sulfonamides is 1. The molecule has 1 fully saturated rings. The van der Waals surface area contributed by atoms with Crippen LogP contribution in [0.5, 0.6) is 5.75 Å². The lowest BCUT2D eigenvalue weighted by atomic mass is 10.2. The number of aromatic nitrogens is 2. The van der Waals surface area contributed by atoms with Crippen molar-refractivity contribution in [3.63, 3.8) is 0 Å². The quantitative estimate of drug-likeness (QED) is 0.342. The van der Waals surface area contributed by atoms with Crippen LogP contribution in [0, 0.1) is 0 Å². The normalized spacial score (nSPS) is 15.9. The van der Waals surface area contributed by atoms with Gasteiger partial charge in [0, 0.05) is 37.3 Å². The van der Waals surface area contributed by atoms with E-state index in [1.54, 1.807) is 23.5 Å². The zero-order valence-corrected chi connectivity index (χ0v) is 22.8. The van der Waals surface area contributed by atoms with Crippen molar-refractivity contribution in [1.82, 2.24) is 19.2 Å². The van der Waals surface area contributed by atoms with Crippen LogP contribution in [0.25, 0.3) is 10.9 Å². The number of hydrogen-bond donors (Lipinski definition) is 1. The van der Waals surface area contributed by atoms with Crippen LogP contribution >= 0.6 is 0 Å². The molecule has 4 aromatic rings. The third kappa shape index (κ3) is 5.36. The molecule has 0 radical (unpaired) electrons. The topological polar surface area (TPSA) is 87.7 Å². The standard InChI is InChI=1S/C29H33N5O3S/c1-4-22-9-15-25(16-10-22)38(35,36)34-19-17-33(18-20-34)21(2)28-31-27-8-6-5-7-26(27)29(32-28)30-23-11-13-24(37-3)14-12-23/h5-16,21H,4,17-20H2,1-3H3,(H,30,31,32). The highest BCUT2D eigenvalue weighted by atomic mass is 32.2. The average Bonchev–Trinajstić information content (AvgIpc) is 2.97. The Balaban J connectivity index is 1.33. The second-order valence-corrected chi connectivity index (χ2v) is 11.4. The predicted octanol–water partition coefficient (Wildman–Crippen LogP) is 5.01. The van der Waals surface area contributed by atoms with Gasteiger partial charge in [0.2, 0.25) is 10.0 Å². The second-order valence-electron chi connectivity index (χ2n) is 9.41. The van der Waals surface area contributed by atoms with Crippen molar-refractivity contribution < 1.29 is 13.2 Å². The van der Waals surface area contributed by atoms with Gasteiger partial charge in [-0.3, -0.25) is 4.90 Å². The molecular weight excluding hydrogens is 498 g/mol. The molecular formula is C29H33N5O3S. The molecule has 1 saturated heterocycles. The molecule has 3 aromatic carbocycles. The third-order valence-corrected chi connectivity index (χ3v) is 9.05. The van der Waals surface area contributed by atoms with Crippen molar-refractivity contribution >= 4 is 32.4 Å². The van der Waals surface area contributed by atoms with Gasteiger partial charge in [0.1, 0.15) is 17.4 Å². The lowest BCUT2D eigenvalue weighted by Gasteiger charge is -2.36. The van der Waals surface area contributed by atoms with Crippen molar-refractivity contribution in [3.05, 3.63) is 84.2 Å². The summed E-state index contributed by atoms with van der Waals surface area (Å²) in [6.45, 7) is 6.19. The summed E-state index contributed by atoms with van der Waals surface area (Å²) in [6, 6.07) is 22.8. The molecule has 1 atom stereocenters. The molecule has 0 spiro atoms. The molecule has 1 aromatic heterocycles. The van der Waals surface area contributed by atoms with E-state index in [0.717, 1.165) is 40.1 Å². The van der Waals surface area contributed by atoms with Crippen LogP contribution in [-0.4, -0.2) is 60.9 Å². The SMILES string of the molecule is CCc1ccc(S(=O)(=O)N2CCN(C(C)c3nc(Nc4ccc(OC)cc4)c4ccccc4n3)CC2)cc1. The first-order valence-corrected chi connectivity index (χ1v) is 14.3. The Hall–Kier alpha value is -3.53. The highest BCUT2D eigenvalue weighted by molar-refractivity contribution is 7.89. The molecule has 0 bridgehead atoms. The van der Waals surface area contributed by atoms with Crippen molar-refractivity contribution in [3.8, 4) is 5.75 Å². The van der Waals surface area contributed by atoms with Gasteiger partial charge >= 0.3 is 0 Å². The molecule has 198 valence electrons. The van der Waals surface area contributed by atoms with Gasteiger partial charge in [0.25, 0.3) is 0 Å². The van der Waals surface area contributed by atoms with E-state index in [-0.39, 0.29) is 6.04 Å². The van der Waals surface area contributed by atoms with Gasteiger partial charge in [0.05, 0.1) is 23.6 Å². The Morgan fingerprint density at radius 1 is 0.921 bits per heavy atom. The maximum atomic E-state index is 13.2. The molecule has 0 aliphatic carbocycles. The first-order chi connectivity index (χ1) is 18.4. The van der Waals surface area contributed by atoms with E-state index >= 15 is 0 Å². The highest BCUT2D eigenvalue weighted by Gasteiger charge is 2.31. The van der Waals surface area contributed by atoms with E-state index in [1.165, 1.54) is 0 Å². The maximum Gasteiger partial charge on any atom is 0.243 e. The van der Waals surface area contributed by atoms with Crippen LogP contribution in [0.15, 0.2) is 77.7 Å². The minimum Gasteiger partial charge on any atom is -0.497 e. The number of rotatable bonds is 8. The Labute approximate surface area is 224 Å². The van der Waals surface area contributed by atoms with Gasteiger partial charge in [-0.05, 0) is 67.4 Å². The van der Waals surface area contributed by atoms with Crippen molar-refractivity contribution in [2.45, 2.75) is 31.2 Å². The fourth-order valence-corrected chi connectivity index (χ4v) is 6.15. The summed E-state index contributed by atoms with van der Waals surface area (Å²) < 4.78 is 33.3. The summed E-state index contributed by atoms with van der Waals surface area (Å²) in [5, 5.41) is 4.37. The van der Waals surface area contributed by atoms with E-state index in [2.05, 4.69) is 24.1 Å². The summed E-state index contributed by atoms with van der Waals surface area (Å²) in [5.41, 5.74) is 2.88. The third-order valence-electron chi connectivity index (χ3n) is 7.14. The Kier molecular flexibility index (Phi) is 7.60. The zero-order valence-electron chi connectivity index (χ0n) is 22.0. The molecule has 1 aliphatic rings. The first kappa shape index (κ1) is 26.1. The number of benzene rings is 3. The maximum absolute atomic E-state index is 13.2. The summed E-state index contributed by atoms with van der Waals surface area (Å²) in [7, 11) is -1.87. The molecule has 0 amide bonds. The minimum absolute atomic E-state index is 0.0790. The number of ether oxygens (including phenoxy) is 1. The molecule has 9 heteroatoms. The summed E-state index contributed by atoms with van der Waals surface area (Å²) in [6.07, 6.45) is 0.880. The molecule has 1 N–H and O–H groups in total. The van der Waals surface area contributed by atoms with E-state index in [9.17, 15) is 8.42 Å². The van der Waals surface area contributed by atoms with Gasteiger partial charge in [-0.2, -0.15) is 4.31 Å². The van der Waals surface area contributed by atoms with Crippen LogP contribution in [0.3, 0.4) is 0 Å². The minimum atomic E-state index is -3.52. The lowest BCUT2D eigenvalue weighted by molar-refractivity contribution is 0.141. The van der Waals surface area contributed by atoms with Crippen LogP contribution in [0.2, 0.25) is 0 Å². The number of aryl methyl sites for hydroxylation is 1. The number of methoxy groups -OCH3 is 1. The van der Waals surface area contributed by atoms with Crippen LogP contribution < -0.4 is 10.1 Å². The number of hydrogen-bond acceptors (Lipinski definition) is 7. The smallest absolute Gasteiger partial charge is 0.243 e. The fourth-order valence-electron chi connectivity index (χ4n) is 4.73. The number of para-hydroxylation sites is 1. The van der Waals surface area contributed by atoms with Crippen molar-refractivity contribution in [1.29, 1.82) is 0 Å². The summed E-state index contributed by atoms with van der Waals surface area (Å²) in [4.78, 5) is 12.4. The van der Waals surface area contributed by atoms with Crippen LogP contribution in [-0.2, 0) is 16.4 Å². The van der Waals surface area contributed by atoms with Gasteiger partial charge in [0.15, 0.2) is 0 Å². The molecule has 1 aliphatic heterocycles. The second kappa shape index (κ2) is 11.1. The van der Waals surface area contributed by atoms with Gasteiger partial charge in [-0.1, -0.05) is 31.2 Å². The molecule has 38 heavy (non-hydrogen) atoms. The number of nitrogens with zero attached hydrogens (tertiary/aromatic N) is 4. The lowest BCUT2D eigenvalue weighted by Crippen LogP contribution is -2.49. The number of anilines is 2. The Bertz CT molecular complexity index is 1500. The molecule has 1 unspecified atom stereocenters. The van der Waals surface area contributed by atoms with Crippen LogP contribution in [0.1, 0.15) is 31.3 Å². The van der Waals surface area contributed by atoms with E-state index < -0.39 is 10.0 Å². The van der Waals surface area contributed by atoms with Gasteiger partial charge in [-0.15, -0.1) is 0 Å². The average molecular weight is 532 g/mol. The summed E-state index contributed by atoms with van der Waals surface area (Å²) >= 11 is 0. The van der Waals surface area contributed by atoms with Gasteiger partial charge in [-0.25, -0.2) is 18.4 Å². The number of fused-ring (bicyclic) bond motifs is 1. The first-order valence-electron chi connectivity index (χ1n) is 12.9. The number of nitrogens with one attached hydrogen (secondary N) is 1. The molecule has 2 heterocycles. The Morgan fingerprint density at radius 3 is 2.26 bits per heavy atom. The van der Waals surface area contributed by atoms with E-state index in [1.807, 2.05) is 60.7 Å². The van der Waals surface area contributed by atoms with Crippen molar-refractivity contribution in [2.24, 2.45) is 0 Å². The monoisotopic (exact) mass is 531 g/mol. The predicted molar refractivity (Wildman–Crippen MR) is 150 cm³/mol. The fraction of sp³-hybridized carbons (Fsp3) is 0.310. The van der Waals surface area contributed by atoms with E-state index in [4.69, 9.17) is 14.7 Å². The largest absolute Gasteiger partial charge is 0.497 e. The highest BCUT2D eigenvalue weighted by Crippen LogP contribution is 2.29. The van der Waals surface area contributed by atoms with Crippen molar-refractivity contribution in [2.75, 3.05) is 38.6 Å². The number of piperazine rings is 1. The van der Waals surface area contributed by atoms with Crippen LogP contribution in [0.4, 0.5) is 11.5 Å². The van der Waals surface area contributed by atoms with Gasteiger partial charge < -0.3 is 10.1 Å². The molecule has 5 rings (SSSR count). The summed E-state index contributed by atoms with van der Waals surface area (Å²) in [5.74, 6) is 2.22. The molecule has 0 saturated carbocycles.